The van der Waals surface area contributed by atoms with Crippen LogP contribution < -0.4 is 26.4 Å². The zero-order chi connectivity index (χ0) is 19.0. The Balaban J connectivity index is 2.54. The van der Waals surface area contributed by atoms with Gasteiger partial charge in [0.2, 0.25) is 11.8 Å². The number of ether oxygens (including phenoxy) is 1. The van der Waals surface area contributed by atoms with E-state index < -0.39 is 11.9 Å². The molecule has 7 nitrogen and oxygen atoms in total. The number of hydrogen-bond donors (Lipinski definition) is 4. The zero-order valence-corrected chi connectivity index (χ0v) is 15.8. The number of nitrogens with one attached hydrogen (secondary N) is 3. The van der Waals surface area contributed by atoms with E-state index in [2.05, 4.69) is 16.0 Å². The second-order valence-corrected chi connectivity index (χ2v) is 6.57. The summed E-state index contributed by atoms with van der Waals surface area (Å²) in [6.45, 7) is 5.79. The molecule has 138 valence electrons. The summed E-state index contributed by atoms with van der Waals surface area (Å²) in [6, 6.07) is 4.95. The van der Waals surface area contributed by atoms with Crippen LogP contribution in [0.2, 0.25) is 0 Å². The van der Waals surface area contributed by atoms with Gasteiger partial charge >= 0.3 is 0 Å². The molecule has 0 fully saturated rings. The molecule has 0 saturated carbocycles. The lowest BCUT2D eigenvalue weighted by atomic mass is 10.0. The van der Waals surface area contributed by atoms with Crippen LogP contribution in [0.1, 0.15) is 25.8 Å². The first-order valence-corrected chi connectivity index (χ1v) is 8.42. The van der Waals surface area contributed by atoms with Gasteiger partial charge in [-0.25, -0.2) is 0 Å². The average molecular weight is 366 g/mol. The van der Waals surface area contributed by atoms with Gasteiger partial charge in [0, 0.05) is 0 Å². The van der Waals surface area contributed by atoms with Crippen molar-refractivity contribution in [1.82, 2.24) is 10.6 Å². The fraction of sp³-hybridized carbons (Fsp3) is 0.471. The van der Waals surface area contributed by atoms with E-state index in [1.54, 1.807) is 7.11 Å². The molecule has 0 heterocycles. The van der Waals surface area contributed by atoms with Crippen LogP contribution in [0.5, 0.6) is 5.75 Å². The number of hydrogen-bond acceptors (Lipinski definition) is 4. The summed E-state index contributed by atoms with van der Waals surface area (Å²) in [7, 11) is 1.57. The molecule has 0 spiro atoms. The maximum atomic E-state index is 12.0. The molecule has 25 heavy (non-hydrogen) atoms. The monoisotopic (exact) mass is 366 g/mol. The van der Waals surface area contributed by atoms with Crippen molar-refractivity contribution < 1.29 is 14.3 Å². The Morgan fingerprint density at radius 3 is 2.56 bits per heavy atom. The fourth-order valence-corrected chi connectivity index (χ4v) is 2.39. The van der Waals surface area contributed by atoms with Crippen LogP contribution in [-0.2, 0) is 9.59 Å². The summed E-state index contributed by atoms with van der Waals surface area (Å²) >= 11 is 5.19. The van der Waals surface area contributed by atoms with Crippen molar-refractivity contribution in [1.29, 1.82) is 0 Å². The van der Waals surface area contributed by atoms with Crippen molar-refractivity contribution in [2.24, 2.45) is 11.7 Å². The van der Waals surface area contributed by atoms with E-state index in [1.807, 2.05) is 39.0 Å². The summed E-state index contributed by atoms with van der Waals surface area (Å²) in [6.07, 6.45) is 0.490. The third kappa shape index (κ3) is 7.38. The van der Waals surface area contributed by atoms with Crippen molar-refractivity contribution >= 4 is 34.8 Å². The second-order valence-electron chi connectivity index (χ2n) is 6.16. The highest BCUT2D eigenvalue weighted by atomic mass is 32.1. The van der Waals surface area contributed by atoms with E-state index in [0.717, 1.165) is 5.56 Å². The van der Waals surface area contributed by atoms with Crippen molar-refractivity contribution in [2.45, 2.75) is 33.2 Å². The van der Waals surface area contributed by atoms with Gasteiger partial charge in [0.05, 0.1) is 19.3 Å². The van der Waals surface area contributed by atoms with Crippen LogP contribution in [0.15, 0.2) is 18.2 Å². The predicted molar refractivity (Wildman–Crippen MR) is 103 cm³/mol. The topological polar surface area (TPSA) is 105 Å². The first-order valence-electron chi connectivity index (χ1n) is 8.01. The maximum Gasteiger partial charge on any atom is 0.240 e. The highest BCUT2D eigenvalue weighted by molar-refractivity contribution is 7.80. The highest BCUT2D eigenvalue weighted by Crippen LogP contribution is 2.24. The predicted octanol–water partition coefficient (Wildman–Crippen LogP) is 1.31. The molecule has 1 atom stereocenters. The third-order valence-electron chi connectivity index (χ3n) is 3.40. The average Bonchev–Trinajstić information content (AvgIpc) is 2.52. The lowest BCUT2D eigenvalue weighted by Crippen LogP contribution is -2.48. The molecule has 1 unspecified atom stereocenters. The van der Waals surface area contributed by atoms with Gasteiger partial charge in [-0.3, -0.25) is 9.59 Å². The van der Waals surface area contributed by atoms with Crippen molar-refractivity contribution in [3.8, 4) is 5.75 Å². The summed E-state index contributed by atoms with van der Waals surface area (Å²) < 4.78 is 5.26. The van der Waals surface area contributed by atoms with E-state index in [0.29, 0.717) is 17.9 Å². The van der Waals surface area contributed by atoms with Gasteiger partial charge < -0.3 is 26.4 Å². The van der Waals surface area contributed by atoms with Crippen molar-refractivity contribution in [3.05, 3.63) is 23.8 Å². The Labute approximate surface area is 153 Å². The van der Waals surface area contributed by atoms with Crippen LogP contribution in [0.3, 0.4) is 0 Å². The number of nitrogens with two attached hydrogens (primary N) is 1. The first kappa shape index (κ1) is 20.7. The Morgan fingerprint density at radius 2 is 2.00 bits per heavy atom. The Kier molecular flexibility index (Phi) is 8.13. The van der Waals surface area contributed by atoms with E-state index in [1.165, 1.54) is 0 Å². The smallest absolute Gasteiger partial charge is 0.240 e. The molecular weight excluding hydrogens is 340 g/mol. The molecule has 8 heteroatoms. The number of carbonyl (C=O) groups is 2. The number of thiocarbonyl (C=S) groups is 1. The fourth-order valence-electron chi connectivity index (χ4n) is 2.21. The van der Waals surface area contributed by atoms with E-state index in [-0.39, 0.29) is 23.5 Å². The standard InChI is InChI=1S/C17H26N4O3S/c1-10(2)7-13(16(18)23)20-15(22)9-19-17(25)21-12-8-11(3)5-6-14(12)24-4/h5-6,8,10,13H,7,9H2,1-4H3,(H2,18,23)(H,20,22)(H2,19,21,25). The normalized spacial score (nSPS) is 11.6. The summed E-state index contributed by atoms with van der Waals surface area (Å²) in [5.74, 6) is -0.0238. The highest BCUT2D eigenvalue weighted by Gasteiger charge is 2.19. The number of aryl methyl sites for hydroxylation is 1. The molecular formula is C17H26N4O3S. The lowest BCUT2D eigenvalue weighted by molar-refractivity contribution is -0.127. The number of rotatable bonds is 8. The molecule has 5 N–H and O–H groups in total. The number of benzene rings is 1. The van der Waals surface area contributed by atoms with Crippen LogP contribution in [0.4, 0.5) is 5.69 Å². The van der Waals surface area contributed by atoms with Crippen LogP contribution in [0.25, 0.3) is 0 Å². The quantitative estimate of drug-likeness (QED) is 0.517. The summed E-state index contributed by atoms with van der Waals surface area (Å²) in [5, 5.41) is 8.68. The second kappa shape index (κ2) is 9.83. The number of primary amides is 1. The number of carbonyl (C=O) groups excluding carboxylic acids is 2. The van der Waals surface area contributed by atoms with Crippen LogP contribution >= 0.6 is 12.2 Å². The number of amides is 2. The number of methoxy groups -OCH3 is 1. The minimum Gasteiger partial charge on any atom is -0.495 e. The molecule has 0 aliphatic carbocycles. The molecule has 1 rings (SSSR count). The van der Waals surface area contributed by atoms with E-state index in [9.17, 15) is 9.59 Å². The SMILES string of the molecule is COc1ccc(C)cc1NC(=S)NCC(=O)NC(CC(C)C)C(N)=O. The van der Waals surface area contributed by atoms with Gasteiger partial charge in [-0.15, -0.1) is 0 Å². The summed E-state index contributed by atoms with van der Waals surface area (Å²) in [5.41, 5.74) is 7.06. The molecule has 1 aromatic carbocycles. The van der Waals surface area contributed by atoms with Gasteiger partial charge in [-0.1, -0.05) is 19.9 Å². The third-order valence-corrected chi connectivity index (χ3v) is 3.64. The van der Waals surface area contributed by atoms with Crippen LogP contribution in [0, 0.1) is 12.8 Å². The molecule has 0 aliphatic heterocycles. The van der Waals surface area contributed by atoms with Gasteiger partial charge in [0.1, 0.15) is 11.8 Å². The molecule has 0 radical (unpaired) electrons. The molecule has 0 saturated heterocycles. The van der Waals surface area contributed by atoms with Gasteiger partial charge in [-0.2, -0.15) is 0 Å². The zero-order valence-electron chi connectivity index (χ0n) is 15.0. The lowest BCUT2D eigenvalue weighted by Gasteiger charge is -2.18. The van der Waals surface area contributed by atoms with Gasteiger partial charge in [-0.05, 0) is 49.2 Å². The Hall–Kier alpha value is -2.35. The minimum absolute atomic E-state index is 0.0676. The molecule has 1 aromatic rings. The van der Waals surface area contributed by atoms with E-state index >= 15 is 0 Å². The summed E-state index contributed by atoms with van der Waals surface area (Å²) in [4.78, 5) is 23.4. The Bertz CT molecular complexity index is 634. The number of anilines is 1. The molecule has 0 aromatic heterocycles. The Morgan fingerprint density at radius 1 is 1.32 bits per heavy atom. The van der Waals surface area contributed by atoms with E-state index in [4.69, 9.17) is 22.7 Å². The molecule has 0 aliphatic rings. The van der Waals surface area contributed by atoms with Gasteiger partial charge in [0.15, 0.2) is 5.11 Å². The maximum absolute atomic E-state index is 12.0. The van der Waals surface area contributed by atoms with Crippen LogP contribution in [-0.4, -0.2) is 36.6 Å². The van der Waals surface area contributed by atoms with Crippen molar-refractivity contribution in [3.63, 3.8) is 0 Å². The van der Waals surface area contributed by atoms with Gasteiger partial charge in [0.25, 0.3) is 0 Å². The minimum atomic E-state index is -0.687. The first-order chi connectivity index (χ1) is 11.7. The molecule has 2 amide bonds. The van der Waals surface area contributed by atoms with Crippen molar-refractivity contribution in [2.75, 3.05) is 19.0 Å². The molecule has 0 bridgehead atoms. The largest absolute Gasteiger partial charge is 0.495 e.